The summed E-state index contributed by atoms with van der Waals surface area (Å²) in [6, 6.07) is 6.17. The fourth-order valence-electron chi connectivity index (χ4n) is 3.03. The van der Waals surface area contributed by atoms with Crippen LogP contribution < -0.4 is 5.32 Å². The molecular weight excluding hydrogens is 263 g/mol. The molecule has 112 valence electrons. The Balaban J connectivity index is 2.06. The molecule has 2 atom stereocenters. The van der Waals surface area contributed by atoms with Crippen LogP contribution in [0.15, 0.2) is 24.3 Å². The maximum atomic E-state index is 12.6. The van der Waals surface area contributed by atoms with Gasteiger partial charge in [-0.1, -0.05) is 32.4 Å². The van der Waals surface area contributed by atoms with Gasteiger partial charge in [0.15, 0.2) is 0 Å². The maximum Gasteiger partial charge on any atom is 0.416 e. The zero-order chi connectivity index (χ0) is 14.8. The quantitative estimate of drug-likeness (QED) is 0.853. The minimum Gasteiger partial charge on any atom is -0.314 e. The fourth-order valence-corrected chi connectivity index (χ4v) is 3.03. The van der Waals surface area contributed by atoms with E-state index in [-0.39, 0.29) is 0 Å². The molecule has 1 aromatic carbocycles. The monoisotopic (exact) mass is 285 g/mol. The lowest BCUT2D eigenvalue weighted by molar-refractivity contribution is -0.137. The molecule has 1 N–H and O–H groups in total. The number of halogens is 3. The van der Waals surface area contributed by atoms with Gasteiger partial charge in [-0.3, -0.25) is 0 Å². The van der Waals surface area contributed by atoms with Crippen LogP contribution in [0.1, 0.15) is 50.2 Å². The minimum absolute atomic E-state index is 0.392. The van der Waals surface area contributed by atoms with Crippen LogP contribution in [0.2, 0.25) is 0 Å². The Morgan fingerprint density at radius 2 is 1.80 bits per heavy atom. The number of alkyl halides is 3. The molecule has 0 heterocycles. The summed E-state index contributed by atoms with van der Waals surface area (Å²) in [7, 11) is 0. The third kappa shape index (κ3) is 3.75. The van der Waals surface area contributed by atoms with E-state index >= 15 is 0 Å². The van der Waals surface area contributed by atoms with E-state index in [4.69, 9.17) is 0 Å². The first-order chi connectivity index (χ1) is 9.38. The smallest absolute Gasteiger partial charge is 0.314 e. The lowest BCUT2D eigenvalue weighted by Gasteiger charge is -2.22. The topological polar surface area (TPSA) is 12.0 Å². The molecule has 1 aliphatic rings. The van der Waals surface area contributed by atoms with E-state index in [9.17, 15) is 13.2 Å². The molecule has 1 aliphatic carbocycles. The molecule has 0 aromatic heterocycles. The highest BCUT2D eigenvalue weighted by Gasteiger charge is 2.32. The van der Waals surface area contributed by atoms with Crippen molar-refractivity contribution in [2.75, 3.05) is 6.54 Å². The van der Waals surface area contributed by atoms with Crippen molar-refractivity contribution in [3.63, 3.8) is 0 Å². The van der Waals surface area contributed by atoms with Crippen molar-refractivity contribution in [3.05, 3.63) is 35.4 Å². The van der Waals surface area contributed by atoms with Crippen LogP contribution in [0.3, 0.4) is 0 Å². The summed E-state index contributed by atoms with van der Waals surface area (Å²) >= 11 is 0. The third-order valence-electron chi connectivity index (χ3n) is 4.11. The van der Waals surface area contributed by atoms with Crippen molar-refractivity contribution in [2.45, 2.75) is 51.2 Å². The average Bonchev–Trinajstić information content (AvgIpc) is 2.83. The molecule has 0 bridgehead atoms. The molecule has 0 amide bonds. The van der Waals surface area contributed by atoms with Crippen molar-refractivity contribution in [3.8, 4) is 0 Å². The Hall–Kier alpha value is -1.03. The number of rotatable bonds is 4. The van der Waals surface area contributed by atoms with E-state index in [2.05, 4.69) is 19.2 Å². The van der Waals surface area contributed by atoms with E-state index in [1.807, 2.05) is 0 Å². The molecule has 2 rings (SSSR count). The molecule has 2 unspecified atom stereocenters. The van der Waals surface area contributed by atoms with Crippen molar-refractivity contribution in [1.29, 1.82) is 0 Å². The van der Waals surface area contributed by atoms with Crippen molar-refractivity contribution in [1.82, 2.24) is 5.32 Å². The first-order valence-electron chi connectivity index (χ1n) is 7.28. The first-order valence-corrected chi connectivity index (χ1v) is 7.28. The molecule has 4 heteroatoms. The molecule has 0 saturated heterocycles. The second kappa shape index (κ2) is 6.17. The van der Waals surface area contributed by atoms with Crippen molar-refractivity contribution in [2.24, 2.45) is 5.92 Å². The van der Waals surface area contributed by atoms with Gasteiger partial charge >= 0.3 is 6.18 Å². The Bertz CT molecular complexity index is 422. The van der Waals surface area contributed by atoms with Crippen molar-refractivity contribution >= 4 is 0 Å². The van der Waals surface area contributed by atoms with Gasteiger partial charge in [-0.15, -0.1) is 0 Å². The SMILES string of the molecule is CC(C)NCC1CCCC1c1ccc(C(F)(F)F)cc1. The lowest BCUT2D eigenvalue weighted by atomic mass is 9.88. The van der Waals surface area contributed by atoms with Crippen LogP contribution >= 0.6 is 0 Å². The summed E-state index contributed by atoms with van der Waals surface area (Å²) in [5.74, 6) is 0.928. The Morgan fingerprint density at radius 1 is 1.15 bits per heavy atom. The largest absolute Gasteiger partial charge is 0.416 e. The predicted octanol–water partition coefficient (Wildman–Crippen LogP) is 4.59. The van der Waals surface area contributed by atoms with Crippen LogP contribution in [0.5, 0.6) is 0 Å². The number of benzene rings is 1. The van der Waals surface area contributed by atoms with Crippen molar-refractivity contribution < 1.29 is 13.2 Å². The highest BCUT2D eigenvalue weighted by Crippen LogP contribution is 2.40. The Kier molecular flexibility index (Phi) is 4.74. The Morgan fingerprint density at radius 3 is 2.35 bits per heavy atom. The van der Waals surface area contributed by atoms with Gasteiger partial charge in [0.1, 0.15) is 0 Å². The number of nitrogens with one attached hydrogen (secondary N) is 1. The van der Waals surface area contributed by atoms with Gasteiger partial charge in [-0.2, -0.15) is 13.2 Å². The molecule has 0 spiro atoms. The average molecular weight is 285 g/mol. The van der Waals surface area contributed by atoms with Crippen LogP contribution in [0.25, 0.3) is 0 Å². The second-order valence-electron chi connectivity index (χ2n) is 5.98. The fraction of sp³-hybridized carbons (Fsp3) is 0.625. The predicted molar refractivity (Wildman–Crippen MR) is 74.7 cm³/mol. The van der Waals surface area contributed by atoms with Gasteiger partial charge < -0.3 is 5.32 Å². The summed E-state index contributed by atoms with van der Waals surface area (Å²) in [5, 5.41) is 3.44. The lowest BCUT2D eigenvalue weighted by Crippen LogP contribution is -2.30. The first kappa shape index (κ1) is 15.4. The molecule has 0 aliphatic heterocycles. The summed E-state index contributed by atoms with van der Waals surface area (Å²) in [6.45, 7) is 5.17. The third-order valence-corrected chi connectivity index (χ3v) is 4.11. The van der Waals surface area contributed by atoms with Gasteiger partial charge in [0.2, 0.25) is 0 Å². The van der Waals surface area contributed by atoms with Crippen LogP contribution in [0.4, 0.5) is 13.2 Å². The molecule has 20 heavy (non-hydrogen) atoms. The van der Waals surface area contributed by atoms with E-state index in [1.165, 1.54) is 12.1 Å². The molecule has 1 aromatic rings. The highest BCUT2D eigenvalue weighted by molar-refractivity contribution is 5.28. The van der Waals surface area contributed by atoms with Gasteiger partial charge in [0.05, 0.1) is 5.56 Å². The standard InChI is InChI=1S/C16H22F3N/c1-11(2)20-10-13-4-3-5-15(13)12-6-8-14(9-7-12)16(17,18)19/h6-9,11,13,15,20H,3-5,10H2,1-2H3. The highest BCUT2D eigenvalue weighted by atomic mass is 19.4. The van der Waals surface area contributed by atoms with Gasteiger partial charge in [-0.25, -0.2) is 0 Å². The van der Waals surface area contributed by atoms with Gasteiger partial charge in [0, 0.05) is 6.04 Å². The molecule has 1 nitrogen and oxygen atoms in total. The zero-order valence-corrected chi connectivity index (χ0v) is 12.0. The van der Waals surface area contributed by atoms with Crippen LogP contribution in [0, 0.1) is 5.92 Å². The number of hydrogen-bond acceptors (Lipinski definition) is 1. The van der Waals surface area contributed by atoms with E-state index in [1.54, 1.807) is 12.1 Å². The van der Waals surface area contributed by atoms with Gasteiger partial charge in [0.25, 0.3) is 0 Å². The van der Waals surface area contributed by atoms with Crippen LogP contribution in [-0.2, 0) is 6.18 Å². The second-order valence-corrected chi connectivity index (χ2v) is 5.98. The number of hydrogen-bond donors (Lipinski definition) is 1. The summed E-state index contributed by atoms with van der Waals surface area (Å²) in [5.41, 5.74) is 0.488. The zero-order valence-electron chi connectivity index (χ0n) is 12.0. The summed E-state index contributed by atoms with van der Waals surface area (Å²) < 4.78 is 37.7. The van der Waals surface area contributed by atoms with E-state index in [0.717, 1.165) is 31.4 Å². The summed E-state index contributed by atoms with van der Waals surface area (Å²) in [6.07, 6.45) is -0.843. The van der Waals surface area contributed by atoms with Crippen LogP contribution in [-0.4, -0.2) is 12.6 Å². The van der Waals surface area contributed by atoms with Gasteiger partial charge in [-0.05, 0) is 48.9 Å². The summed E-state index contributed by atoms with van der Waals surface area (Å²) in [4.78, 5) is 0. The van der Waals surface area contributed by atoms with E-state index in [0.29, 0.717) is 17.9 Å². The molecule has 1 fully saturated rings. The molecule has 1 saturated carbocycles. The minimum atomic E-state index is -4.24. The van der Waals surface area contributed by atoms with E-state index < -0.39 is 11.7 Å². The molecular formula is C16H22F3N. The Labute approximate surface area is 118 Å². The normalized spacial score (nSPS) is 23.5. The molecule has 0 radical (unpaired) electrons. The maximum absolute atomic E-state index is 12.6.